The molecule has 2 aliphatic heterocycles. The molecule has 4 heterocycles. The van der Waals surface area contributed by atoms with Gasteiger partial charge in [-0.3, -0.25) is 0 Å². The van der Waals surface area contributed by atoms with Gasteiger partial charge in [-0.25, -0.2) is 0 Å². The van der Waals surface area contributed by atoms with Crippen molar-refractivity contribution >= 4 is 101 Å². The summed E-state index contributed by atoms with van der Waals surface area (Å²) in [7, 11) is 0. The molecule has 0 radical (unpaired) electrons. The standard InChI is InChI=1S/C57H37BN2O2/c1-57(2)43-20-6-3-15-37(43)40-19-13-18-36(52(40)57)34-29-31-35(32-30-34)59-46-23-9-7-21-44(46)58-45-22-8-10-24-47(45)60(49-26-14-25-48(59)53(49)58)54-55-41(38-16-4-11-27-50(38)61-55)33-42-39-17-5-12-28-51(39)62-56(42)54/h3-33H,1-2H3. The summed E-state index contributed by atoms with van der Waals surface area (Å²) in [4.78, 5) is 4.89. The smallest absolute Gasteiger partial charge is 0.252 e. The van der Waals surface area contributed by atoms with Crippen molar-refractivity contribution in [3.8, 4) is 22.3 Å². The zero-order valence-corrected chi connectivity index (χ0v) is 34.2. The van der Waals surface area contributed by atoms with Gasteiger partial charge in [0.1, 0.15) is 16.9 Å². The van der Waals surface area contributed by atoms with Crippen molar-refractivity contribution in [2.45, 2.75) is 19.3 Å². The molecule has 0 spiro atoms. The maximum absolute atomic E-state index is 6.91. The predicted molar refractivity (Wildman–Crippen MR) is 258 cm³/mol. The minimum Gasteiger partial charge on any atom is -0.454 e. The van der Waals surface area contributed by atoms with Crippen molar-refractivity contribution in [1.29, 1.82) is 0 Å². The molecule has 0 fully saturated rings. The largest absolute Gasteiger partial charge is 0.454 e. The highest BCUT2D eigenvalue weighted by molar-refractivity contribution is 7.00. The van der Waals surface area contributed by atoms with Crippen LogP contribution in [0.25, 0.3) is 66.1 Å². The fourth-order valence-corrected chi connectivity index (χ4v) is 11.5. The van der Waals surface area contributed by atoms with Crippen LogP contribution in [0.15, 0.2) is 197 Å². The Bertz CT molecular complexity index is 3620. The van der Waals surface area contributed by atoms with Gasteiger partial charge in [0.2, 0.25) is 0 Å². The molecule has 0 saturated heterocycles. The molecular weight excluding hydrogens is 755 g/mol. The molecule has 11 aromatic rings. The Morgan fingerprint density at radius 1 is 0.435 bits per heavy atom. The summed E-state index contributed by atoms with van der Waals surface area (Å²) in [6.45, 7) is 4.74. The van der Waals surface area contributed by atoms with Gasteiger partial charge in [0.05, 0.1) is 0 Å². The van der Waals surface area contributed by atoms with Crippen LogP contribution in [-0.2, 0) is 5.41 Å². The first kappa shape index (κ1) is 34.0. The molecule has 14 rings (SSSR count). The van der Waals surface area contributed by atoms with E-state index in [2.05, 4.69) is 200 Å². The van der Waals surface area contributed by atoms with Crippen molar-refractivity contribution in [3.63, 3.8) is 0 Å². The molecule has 5 heteroatoms. The van der Waals surface area contributed by atoms with Crippen LogP contribution in [0, 0.1) is 0 Å². The average molecular weight is 793 g/mol. The third-order valence-electron chi connectivity index (χ3n) is 14.0. The molecule has 9 aromatic carbocycles. The van der Waals surface area contributed by atoms with Crippen molar-refractivity contribution in [1.82, 2.24) is 0 Å². The Hall–Kier alpha value is -7.76. The predicted octanol–water partition coefficient (Wildman–Crippen LogP) is 13.5. The SMILES string of the molecule is CC1(C)c2ccccc2-c2cccc(-c3ccc(N4c5ccccc5B5c6ccccc6N(c6c7oc8ccccc8c7cc7c6oc6ccccc67)c6cccc4c65)cc3)c21. The van der Waals surface area contributed by atoms with Crippen LogP contribution in [0.3, 0.4) is 0 Å². The maximum Gasteiger partial charge on any atom is 0.252 e. The minimum atomic E-state index is -0.103. The highest BCUT2D eigenvalue weighted by atomic mass is 16.3. The van der Waals surface area contributed by atoms with E-state index in [9.17, 15) is 0 Å². The summed E-state index contributed by atoms with van der Waals surface area (Å²) in [5, 5.41) is 4.32. The Morgan fingerprint density at radius 2 is 0.952 bits per heavy atom. The van der Waals surface area contributed by atoms with Gasteiger partial charge >= 0.3 is 0 Å². The van der Waals surface area contributed by atoms with Crippen LogP contribution >= 0.6 is 0 Å². The molecule has 0 unspecified atom stereocenters. The Morgan fingerprint density at radius 3 is 1.65 bits per heavy atom. The number of para-hydroxylation sites is 4. The fourth-order valence-electron chi connectivity index (χ4n) is 11.5. The van der Waals surface area contributed by atoms with Crippen molar-refractivity contribution in [3.05, 3.63) is 199 Å². The summed E-state index contributed by atoms with van der Waals surface area (Å²) in [5.41, 5.74) is 21.6. The van der Waals surface area contributed by atoms with Gasteiger partial charge in [-0.2, -0.15) is 0 Å². The first-order valence-corrected chi connectivity index (χ1v) is 21.5. The maximum atomic E-state index is 6.91. The number of hydrogen-bond acceptors (Lipinski definition) is 4. The number of benzene rings is 9. The van der Waals surface area contributed by atoms with Crippen LogP contribution < -0.4 is 26.2 Å². The summed E-state index contributed by atoms with van der Waals surface area (Å²) < 4.78 is 13.8. The number of furan rings is 2. The average Bonchev–Trinajstić information content (AvgIpc) is 3.96. The molecule has 290 valence electrons. The number of fused-ring (bicyclic) bond motifs is 13. The molecule has 0 atom stereocenters. The fraction of sp³-hybridized carbons (Fsp3) is 0.0526. The summed E-state index contributed by atoms with van der Waals surface area (Å²) in [5.74, 6) is 0. The third kappa shape index (κ3) is 4.37. The number of anilines is 6. The molecule has 62 heavy (non-hydrogen) atoms. The van der Waals surface area contributed by atoms with E-state index in [1.807, 2.05) is 12.1 Å². The summed E-state index contributed by atoms with van der Waals surface area (Å²) >= 11 is 0. The Balaban J connectivity index is 0.995. The zero-order valence-electron chi connectivity index (χ0n) is 34.2. The molecule has 0 N–H and O–H groups in total. The van der Waals surface area contributed by atoms with E-state index in [1.54, 1.807) is 0 Å². The third-order valence-corrected chi connectivity index (χ3v) is 14.0. The van der Waals surface area contributed by atoms with Gasteiger partial charge in [0.25, 0.3) is 6.71 Å². The van der Waals surface area contributed by atoms with E-state index >= 15 is 0 Å². The molecule has 3 aliphatic rings. The van der Waals surface area contributed by atoms with E-state index in [1.165, 1.54) is 55.5 Å². The number of nitrogens with zero attached hydrogens (tertiary/aromatic N) is 2. The van der Waals surface area contributed by atoms with E-state index in [0.717, 1.165) is 72.3 Å². The first-order chi connectivity index (χ1) is 30.5. The quantitative estimate of drug-likeness (QED) is 0.167. The molecule has 0 saturated carbocycles. The van der Waals surface area contributed by atoms with E-state index in [4.69, 9.17) is 8.83 Å². The second-order valence-electron chi connectivity index (χ2n) is 17.6. The van der Waals surface area contributed by atoms with Gasteiger partial charge in [-0.05, 0) is 104 Å². The second kappa shape index (κ2) is 12.2. The lowest BCUT2D eigenvalue weighted by atomic mass is 9.33. The molecular formula is C57H37BN2O2. The monoisotopic (exact) mass is 792 g/mol. The number of hydrogen-bond donors (Lipinski definition) is 0. The summed E-state index contributed by atoms with van der Waals surface area (Å²) in [6, 6.07) is 68.6. The summed E-state index contributed by atoms with van der Waals surface area (Å²) in [6.07, 6.45) is 0. The molecule has 4 nitrogen and oxygen atoms in total. The Labute approximate surface area is 359 Å². The van der Waals surface area contributed by atoms with Crippen molar-refractivity contribution in [2.75, 3.05) is 9.80 Å². The van der Waals surface area contributed by atoms with Crippen LogP contribution in [0.2, 0.25) is 0 Å². The topological polar surface area (TPSA) is 32.8 Å². The van der Waals surface area contributed by atoms with Crippen molar-refractivity contribution in [2.24, 2.45) is 0 Å². The van der Waals surface area contributed by atoms with Crippen LogP contribution in [0.4, 0.5) is 34.1 Å². The van der Waals surface area contributed by atoms with Gasteiger partial charge in [0.15, 0.2) is 11.2 Å². The van der Waals surface area contributed by atoms with Crippen LogP contribution in [0.5, 0.6) is 0 Å². The first-order valence-electron chi connectivity index (χ1n) is 21.5. The highest BCUT2D eigenvalue weighted by Gasteiger charge is 2.44. The van der Waals surface area contributed by atoms with Gasteiger partial charge < -0.3 is 18.6 Å². The molecule has 0 amide bonds. The van der Waals surface area contributed by atoms with E-state index in [-0.39, 0.29) is 12.1 Å². The zero-order chi connectivity index (χ0) is 40.8. The molecule has 2 aromatic heterocycles. The van der Waals surface area contributed by atoms with Gasteiger partial charge in [-0.15, -0.1) is 0 Å². The van der Waals surface area contributed by atoms with E-state index in [0.29, 0.717) is 0 Å². The lowest BCUT2D eigenvalue weighted by molar-refractivity contribution is 0.656. The van der Waals surface area contributed by atoms with E-state index < -0.39 is 0 Å². The van der Waals surface area contributed by atoms with Crippen LogP contribution in [-0.4, -0.2) is 6.71 Å². The molecule has 1 aliphatic carbocycles. The Kier molecular flexibility index (Phi) is 6.68. The van der Waals surface area contributed by atoms with Crippen molar-refractivity contribution < 1.29 is 8.83 Å². The molecule has 0 bridgehead atoms. The number of rotatable bonds is 3. The second-order valence-corrected chi connectivity index (χ2v) is 17.6. The van der Waals surface area contributed by atoms with Gasteiger partial charge in [0, 0.05) is 55.4 Å². The highest BCUT2D eigenvalue weighted by Crippen LogP contribution is 2.53. The van der Waals surface area contributed by atoms with Crippen LogP contribution in [0.1, 0.15) is 25.0 Å². The lowest BCUT2D eigenvalue weighted by Gasteiger charge is -2.43. The van der Waals surface area contributed by atoms with Gasteiger partial charge in [-0.1, -0.05) is 147 Å². The minimum absolute atomic E-state index is 0.0113. The lowest BCUT2D eigenvalue weighted by Crippen LogP contribution is -2.61. The normalized spacial score (nSPS) is 14.3.